The van der Waals surface area contributed by atoms with Crippen molar-refractivity contribution in [3.63, 3.8) is 0 Å². The van der Waals surface area contributed by atoms with E-state index < -0.39 is 26.0 Å². The zero-order valence-electron chi connectivity index (χ0n) is 85.7. The molecule has 149 heavy (non-hydrogen) atoms. The highest BCUT2D eigenvalue weighted by atomic mass is 79.9. The molecule has 0 bridgehead atoms. The Bertz CT molecular complexity index is 7000. The highest BCUT2D eigenvalue weighted by molar-refractivity contribution is 9.10. The number of halogens is 1. The van der Waals surface area contributed by atoms with Crippen molar-refractivity contribution in [2.24, 2.45) is 10.7 Å². The Balaban J connectivity index is 0.000000168. The lowest BCUT2D eigenvalue weighted by molar-refractivity contribution is -0.131. The van der Waals surface area contributed by atoms with Crippen molar-refractivity contribution in [1.29, 1.82) is 0 Å². The van der Waals surface area contributed by atoms with Crippen LogP contribution in [0.3, 0.4) is 0 Å². The van der Waals surface area contributed by atoms with Crippen LogP contribution in [0.25, 0.3) is 11.0 Å². The van der Waals surface area contributed by atoms with Crippen LogP contribution in [0.1, 0.15) is 179 Å². The largest absolute Gasteiger partial charge is 0.508 e. The number of carboxylic acids is 1. The van der Waals surface area contributed by atoms with Crippen molar-refractivity contribution < 1.29 is 83.9 Å². The smallest absolute Gasteiger partial charge is 0.335 e. The number of hydrogen-bond donors (Lipinski definition) is 6. The van der Waals surface area contributed by atoms with Crippen LogP contribution in [0.5, 0.6) is 40.2 Å². The van der Waals surface area contributed by atoms with E-state index in [1.165, 1.54) is 97.3 Å². The van der Waals surface area contributed by atoms with E-state index in [1.807, 2.05) is 83.1 Å². The SMILES string of the molecule is C=C(CCCN1C(=O)c2ccccc2C1=O)NC1CCCC1.CCOc1ccccc1N(CC(=O)N1CCCCC1)S(=O)(=O)c1ccccc1.COc1ccc(C(=O)Nc2cc(C)cc(C)c2)cc1Br.COc1ccc(OC)c(N(CC(=O)N2CCCCC2)S(=O)(=O)c2ccccc2)c1.Cc1c(O)ccc2c(=O)c(Oc3ccccc3)coc12.Cc1cc(C)nc(N=C(N)Nc2ccc(C(C)C)cc2)n1.O=C(O)c1ccccc1. The second-order valence-electron chi connectivity index (χ2n) is 35.7. The molecule has 1 saturated carbocycles. The molecule has 5 amide bonds. The number of allylic oxidation sites excluding steroid dienone is 1. The maximum Gasteiger partial charge on any atom is 0.335 e. The lowest BCUT2D eigenvalue weighted by Gasteiger charge is -2.31. The Labute approximate surface area is 879 Å². The number of carbonyl (C=O) groups excluding carboxylic acids is 5. The van der Waals surface area contributed by atoms with Crippen LogP contribution in [-0.2, 0) is 29.6 Å². The van der Waals surface area contributed by atoms with Gasteiger partial charge >= 0.3 is 5.97 Å². The molecule has 11 aromatic carbocycles. The molecule has 0 radical (unpaired) electrons. The number of carbonyl (C=O) groups is 6. The fraction of sp³-hybridized carbons (Fsp3) is 0.287. The third-order valence-corrected chi connectivity index (χ3v) is 28.5. The average molecular weight is 2130 g/mol. The first-order valence-corrected chi connectivity index (χ1v) is 52.8. The number of sulfonamides is 2. The number of anilines is 4. The van der Waals surface area contributed by atoms with E-state index in [9.17, 15) is 55.5 Å². The predicted octanol–water partition coefficient (Wildman–Crippen LogP) is 21.9. The minimum absolute atomic E-state index is 0.0948. The molecular formula is C115H129BrN12O19S2. The molecule has 17 rings (SSSR count). The number of hydrogen-bond acceptors (Lipinski definition) is 22. The maximum absolute atomic E-state index is 13.5. The first-order chi connectivity index (χ1) is 71.6. The van der Waals surface area contributed by atoms with Crippen molar-refractivity contribution in [2.45, 2.75) is 154 Å². The number of nitrogens with zero attached hydrogens (tertiary/aromatic N) is 8. The Hall–Kier alpha value is -15.7. The van der Waals surface area contributed by atoms with Gasteiger partial charge < -0.3 is 69.8 Å². The first kappa shape index (κ1) is 114. The van der Waals surface area contributed by atoms with Gasteiger partial charge in [0.05, 0.1) is 75.7 Å². The summed E-state index contributed by atoms with van der Waals surface area (Å²) >= 11 is 3.38. The van der Waals surface area contributed by atoms with Crippen LogP contribution in [0.2, 0.25) is 0 Å². The Morgan fingerprint density at radius 2 is 1.07 bits per heavy atom. The Kier molecular flexibility index (Phi) is 42.5. The molecule has 2 saturated heterocycles. The van der Waals surface area contributed by atoms with E-state index in [0.29, 0.717) is 130 Å². The number of aromatic carboxylic acids is 1. The summed E-state index contributed by atoms with van der Waals surface area (Å²) in [5, 5.41) is 27.8. The number of phenolic OH excluding ortho intramolecular Hbond substituents is 1. The molecule has 0 spiro atoms. The number of nitrogens with one attached hydrogen (secondary N) is 3. The minimum Gasteiger partial charge on any atom is -0.508 e. The number of benzene rings is 11. The third kappa shape index (κ3) is 32.7. The number of aromatic nitrogens is 2. The zero-order valence-corrected chi connectivity index (χ0v) is 88.9. The molecule has 3 fully saturated rings. The van der Waals surface area contributed by atoms with Gasteiger partial charge in [-0.2, -0.15) is 4.99 Å². The second kappa shape index (κ2) is 55.7. The van der Waals surface area contributed by atoms with Gasteiger partial charge in [-0.1, -0.05) is 149 Å². The summed E-state index contributed by atoms with van der Waals surface area (Å²) in [6.07, 6.45) is 13.8. The molecular weight excluding hydrogens is 2000 g/mol. The van der Waals surface area contributed by atoms with Gasteiger partial charge in [0.2, 0.25) is 29.0 Å². The van der Waals surface area contributed by atoms with Crippen molar-refractivity contribution in [1.82, 2.24) is 30.0 Å². The fourth-order valence-corrected chi connectivity index (χ4v) is 20.1. The molecule has 782 valence electrons. The third-order valence-electron chi connectivity index (χ3n) is 24.3. The first-order valence-electron chi connectivity index (χ1n) is 49.1. The Morgan fingerprint density at radius 3 is 1.58 bits per heavy atom. The van der Waals surface area contributed by atoms with Crippen LogP contribution in [-0.4, -0.2) is 173 Å². The Morgan fingerprint density at radius 1 is 0.550 bits per heavy atom. The van der Waals surface area contributed by atoms with Gasteiger partial charge in [0.25, 0.3) is 43.7 Å². The number of amides is 5. The zero-order chi connectivity index (χ0) is 107. The molecule has 34 heteroatoms. The molecule has 3 aliphatic heterocycles. The number of aromatic hydroxyl groups is 1. The number of piperidine rings is 2. The number of imide groups is 1. The van der Waals surface area contributed by atoms with E-state index >= 15 is 0 Å². The number of aliphatic imine (C=N–C) groups is 1. The van der Waals surface area contributed by atoms with Gasteiger partial charge in [-0.3, -0.25) is 42.3 Å². The highest BCUT2D eigenvalue weighted by Gasteiger charge is 2.37. The molecule has 7 N–H and O–H groups in total. The molecule has 13 aromatic rings. The summed E-state index contributed by atoms with van der Waals surface area (Å²) in [6.45, 7) is 22.7. The number of carboxylic acid groups (broad SMARTS) is 1. The molecule has 31 nitrogen and oxygen atoms in total. The summed E-state index contributed by atoms with van der Waals surface area (Å²) < 4.78 is 89.2. The normalized spacial score (nSPS) is 13.2. The van der Waals surface area contributed by atoms with Crippen LogP contribution in [0, 0.1) is 34.6 Å². The highest BCUT2D eigenvalue weighted by Crippen LogP contribution is 2.39. The molecule has 5 heterocycles. The quantitative estimate of drug-likeness (QED) is 0.0144. The van der Waals surface area contributed by atoms with E-state index in [0.717, 1.165) is 99.7 Å². The number of fused-ring (bicyclic) bond motifs is 2. The molecule has 0 atom stereocenters. The van der Waals surface area contributed by atoms with Gasteiger partial charge in [-0.15, -0.1) is 0 Å². The summed E-state index contributed by atoms with van der Waals surface area (Å²) in [5.41, 5.74) is 17.1. The number of para-hydroxylation sites is 3. The second-order valence-corrected chi connectivity index (χ2v) is 40.3. The van der Waals surface area contributed by atoms with E-state index in [1.54, 1.807) is 188 Å². The van der Waals surface area contributed by atoms with Gasteiger partial charge in [0, 0.05) is 84.4 Å². The molecule has 2 aromatic heterocycles. The fourth-order valence-electron chi connectivity index (χ4n) is 16.7. The van der Waals surface area contributed by atoms with Crippen molar-refractivity contribution >= 4 is 117 Å². The molecule has 4 aliphatic rings. The summed E-state index contributed by atoms with van der Waals surface area (Å²) in [7, 11) is -3.36. The van der Waals surface area contributed by atoms with Crippen molar-refractivity contribution in [3.05, 3.63) is 356 Å². The van der Waals surface area contributed by atoms with E-state index in [-0.39, 0.29) is 81.0 Å². The van der Waals surface area contributed by atoms with E-state index in [2.05, 4.69) is 85.5 Å². The number of aryl methyl sites for hydroxylation is 5. The average Bonchev–Trinajstić information content (AvgIpc) is 1.72. The number of rotatable bonds is 29. The number of ether oxygens (including phenoxy) is 5. The maximum atomic E-state index is 13.5. The van der Waals surface area contributed by atoms with Gasteiger partial charge in [0.1, 0.15) is 59.4 Å². The van der Waals surface area contributed by atoms with Gasteiger partial charge in [-0.05, 0) is 290 Å². The summed E-state index contributed by atoms with van der Waals surface area (Å²) in [5.74, 6) is 2.11. The number of nitrogens with two attached hydrogens (primary N) is 1. The molecule has 1 aliphatic carbocycles. The number of likely N-dealkylation sites (tertiary alicyclic amines) is 2. The van der Waals surface area contributed by atoms with Crippen molar-refractivity contribution in [3.8, 4) is 40.2 Å². The number of phenols is 1. The standard InChI is InChI=1S/C21H26N2O5S.C21H26N2O4S.C18H22N2O2.C16H16BrNO2.C16H21N5.C16H12O4.C7H6O2/c1-27-17-11-12-20(28-2)19(15-17)23(16-21(24)22-13-7-4-8-14-22)29(25,26)18-9-5-3-6-10-18;1-2-27-20-14-8-7-13-19(20)23(17-21(24)22-15-9-4-10-16-22)28(25,26)18-11-5-3-6-12-18;1-13(19-14-8-2-3-9-14)7-6-12-20-17(21)15-10-4-5-11-16(15)18(20)22;1-10-6-11(2)8-13(7-10)18-16(19)12-4-5-15(20-3)14(17)9-12;1-10(2)13-5-7-14(8-6-13)20-15(17)21-16-18-11(3)9-12(4)19-16;1-10-13(17)8-7-12-15(18)14(9-19-16(10)12)20-11-5-3-2-4-6-11;8-7(9)6-4-2-1-3-5-6/h3,5-6,9-12,15H,4,7-8,13-14,16H2,1-2H3;3,5-8,11-14H,2,4,9-10,15-17H2,1H3;4-5,10-11,14,19H,1-3,6-9,12H2;4-9H,1-3H3,(H,18,19);5-10H,1-4H3,(H3,17,18,19,20,21);2-9,17H,1H3;1-5H,(H,8,9). The van der Waals surface area contributed by atoms with Gasteiger partial charge in [-0.25, -0.2) is 31.6 Å². The lowest BCUT2D eigenvalue weighted by atomic mass is 10.0. The number of methoxy groups -OCH3 is 3. The van der Waals surface area contributed by atoms with Crippen LogP contribution in [0.15, 0.2) is 314 Å². The minimum atomic E-state index is -4.00. The topological polar surface area (TPSA) is 404 Å². The van der Waals surface area contributed by atoms with Crippen LogP contribution < -0.4 is 59.4 Å². The predicted molar refractivity (Wildman–Crippen MR) is 586 cm³/mol. The van der Waals surface area contributed by atoms with Gasteiger partial charge in [0.15, 0.2) is 0 Å². The van der Waals surface area contributed by atoms with Crippen molar-refractivity contribution in [2.75, 3.05) is 93.0 Å². The monoisotopic (exact) mass is 2120 g/mol. The summed E-state index contributed by atoms with van der Waals surface area (Å²) in [4.78, 5) is 103. The lowest BCUT2D eigenvalue weighted by Crippen LogP contribution is -2.45. The number of guanidine groups is 1. The summed E-state index contributed by atoms with van der Waals surface area (Å²) in [6, 6.07) is 77.2. The van der Waals surface area contributed by atoms with Crippen LogP contribution in [0.4, 0.5) is 28.7 Å². The van der Waals surface area contributed by atoms with E-state index in [4.69, 9.17) is 38.9 Å². The molecule has 0 unspecified atom stereocenters. The van der Waals surface area contributed by atoms with Crippen LogP contribution >= 0.6 is 15.9 Å².